The Labute approximate surface area is 132 Å². The van der Waals surface area contributed by atoms with E-state index in [2.05, 4.69) is 10.5 Å². The van der Waals surface area contributed by atoms with Gasteiger partial charge in [0.15, 0.2) is 0 Å². The zero-order chi connectivity index (χ0) is 15.4. The van der Waals surface area contributed by atoms with Crippen molar-refractivity contribution in [2.24, 2.45) is 5.10 Å². The second kappa shape index (κ2) is 6.61. The van der Waals surface area contributed by atoms with Crippen molar-refractivity contribution in [3.8, 4) is 0 Å². The van der Waals surface area contributed by atoms with Gasteiger partial charge in [-0.2, -0.15) is 5.10 Å². The lowest BCUT2D eigenvalue weighted by Crippen LogP contribution is -2.01. The van der Waals surface area contributed by atoms with Crippen LogP contribution < -0.4 is 5.43 Å². The molecule has 0 fully saturated rings. The molecule has 4 nitrogen and oxygen atoms in total. The SMILES string of the molecule is C/C(=N/Nc1ccc(C(=O)O)cc1)c1ccc(Cl)cc1Cl. The van der Waals surface area contributed by atoms with Gasteiger partial charge in [-0.05, 0) is 43.3 Å². The molecule has 0 atom stereocenters. The smallest absolute Gasteiger partial charge is 0.335 e. The highest BCUT2D eigenvalue weighted by atomic mass is 35.5. The first-order valence-corrected chi connectivity index (χ1v) is 6.82. The molecule has 0 heterocycles. The van der Waals surface area contributed by atoms with Crippen molar-refractivity contribution in [2.75, 3.05) is 5.43 Å². The fourth-order valence-electron chi connectivity index (χ4n) is 1.68. The van der Waals surface area contributed by atoms with Crippen LogP contribution in [0.4, 0.5) is 5.69 Å². The molecule has 0 radical (unpaired) electrons. The molecule has 0 aliphatic carbocycles. The highest BCUT2D eigenvalue weighted by Gasteiger charge is 2.05. The predicted molar refractivity (Wildman–Crippen MR) is 85.7 cm³/mol. The van der Waals surface area contributed by atoms with E-state index in [1.165, 1.54) is 12.1 Å². The molecule has 0 aliphatic heterocycles. The molecule has 108 valence electrons. The molecule has 0 saturated carbocycles. The molecule has 21 heavy (non-hydrogen) atoms. The molecular formula is C15H12Cl2N2O2. The fourth-order valence-corrected chi connectivity index (χ4v) is 2.22. The second-order valence-electron chi connectivity index (χ2n) is 4.32. The largest absolute Gasteiger partial charge is 0.478 e. The summed E-state index contributed by atoms with van der Waals surface area (Å²) in [7, 11) is 0. The molecule has 0 aromatic heterocycles. The summed E-state index contributed by atoms with van der Waals surface area (Å²) in [6.45, 7) is 1.81. The lowest BCUT2D eigenvalue weighted by molar-refractivity contribution is 0.0697. The molecule has 6 heteroatoms. The zero-order valence-electron chi connectivity index (χ0n) is 11.1. The quantitative estimate of drug-likeness (QED) is 0.642. The zero-order valence-corrected chi connectivity index (χ0v) is 12.6. The number of halogens is 2. The van der Waals surface area contributed by atoms with Gasteiger partial charge in [0.2, 0.25) is 0 Å². The number of carbonyl (C=O) groups is 1. The van der Waals surface area contributed by atoms with Crippen LogP contribution in [0.1, 0.15) is 22.8 Å². The van der Waals surface area contributed by atoms with Crippen LogP contribution in [0.15, 0.2) is 47.6 Å². The topological polar surface area (TPSA) is 61.7 Å². The van der Waals surface area contributed by atoms with Crippen molar-refractivity contribution in [1.82, 2.24) is 0 Å². The van der Waals surface area contributed by atoms with Crippen LogP contribution in [0.2, 0.25) is 10.0 Å². The summed E-state index contributed by atoms with van der Waals surface area (Å²) in [6, 6.07) is 11.5. The number of hydrogen-bond donors (Lipinski definition) is 2. The standard InChI is InChI=1S/C15H12Cl2N2O2/c1-9(13-7-4-11(16)8-14(13)17)18-19-12-5-2-10(3-6-12)15(20)21/h2-8,19H,1H3,(H,20,21)/b18-9-. The highest BCUT2D eigenvalue weighted by molar-refractivity contribution is 6.37. The Hall–Kier alpha value is -2.04. The van der Waals surface area contributed by atoms with Crippen LogP contribution in [0, 0.1) is 0 Å². The normalized spacial score (nSPS) is 11.3. The van der Waals surface area contributed by atoms with Crippen LogP contribution in [-0.2, 0) is 0 Å². The first-order valence-electron chi connectivity index (χ1n) is 6.06. The number of carboxylic acids is 1. The lowest BCUT2D eigenvalue weighted by Gasteiger charge is -2.06. The molecule has 0 unspecified atom stereocenters. The molecular weight excluding hydrogens is 311 g/mol. The maximum absolute atomic E-state index is 10.8. The number of carboxylic acid groups (broad SMARTS) is 1. The van der Waals surface area contributed by atoms with Crippen molar-refractivity contribution in [1.29, 1.82) is 0 Å². The Morgan fingerprint density at radius 2 is 1.81 bits per heavy atom. The molecule has 0 amide bonds. The van der Waals surface area contributed by atoms with Gasteiger partial charge < -0.3 is 5.11 Å². The summed E-state index contributed by atoms with van der Waals surface area (Å²) in [5.74, 6) is -0.964. The number of nitrogens with zero attached hydrogens (tertiary/aromatic N) is 1. The first-order chi connectivity index (χ1) is 9.97. The average molecular weight is 323 g/mol. The maximum Gasteiger partial charge on any atom is 0.335 e. The Bertz CT molecular complexity index is 697. The minimum Gasteiger partial charge on any atom is -0.478 e. The van der Waals surface area contributed by atoms with Gasteiger partial charge in [-0.1, -0.05) is 29.3 Å². The summed E-state index contributed by atoms with van der Waals surface area (Å²) in [5.41, 5.74) is 5.23. The Morgan fingerprint density at radius 1 is 1.14 bits per heavy atom. The number of nitrogens with one attached hydrogen (secondary N) is 1. The van der Waals surface area contributed by atoms with Crippen molar-refractivity contribution in [3.63, 3.8) is 0 Å². The van der Waals surface area contributed by atoms with Gasteiger partial charge in [-0.25, -0.2) is 4.79 Å². The Balaban J connectivity index is 2.14. The van der Waals surface area contributed by atoms with Gasteiger partial charge in [-0.15, -0.1) is 0 Å². The molecule has 2 rings (SSSR count). The molecule has 2 N–H and O–H groups in total. The van der Waals surface area contributed by atoms with Crippen LogP contribution in [0.5, 0.6) is 0 Å². The first kappa shape index (κ1) is 15.4. The maximum atomic E-state index is 10.8. The Morgan fingerprint density at radius 3 is 2.38 bits per heavy atom. The number of anilines is 1. The number of benzene rings is 2. The van der Waals surface area contributed by atoms with E-state index in [-0.39, 0.29) is 5.56 Å². The minimum absolute atomic E-state index is 0.224. The summed E-state index contributed by atoms with van der Waals surface area (Å²) in [6.07, 6.45) is 0. The molecule has 0 saturated heterocycles. The molecule has 2 aromatic carbocycles. The van der Waals surface area contributed by atoms with E-state index in [9.17, 15) is 4.79 Å². The van der Waals surface area contributed by atoms with Crippen LogP contribution in [0.3, 0.4) is 0 Å². The van der Waals surface area contributed by atoms with Gasteiger partial charge >= 0.3 is 5.97 Å². The van der Waals surface area contributed by atoms with Crippen LogP contribution in [-0.4, -0.2) is 16.8 Å². The monoisotopic (exact) mass is 322 g/mol. The minimum atomic E-state index is -0.964. The van der Waals surface area contributed by atoms with Crippen molar-refractivity contribution in [3.05, 3.63) is 63.6 Å². The number of rotatable bonds is 4. The summed E-state index contributed by atoms with van der Waals surface area (Å²) < 4.78 is 0. The van der Waals surface area contributed by atoms with Gasteiger partial charge in [-0.3, -0.25) is 5.43 Å². The third-order valence-corrected chi connectivity index (χ3v) is 3.35. The number of aromatic carboxylic acids is 1. The Kier molecular flexibility index (Phi) is 4.83. The summed E-state index contributed by atoms with van der Waals surface area (Å²) in [4.78, 5) is 10.8. The summed E-state index contributed by atoms with van der Waals surface area (Å²) in [5, 5.41) is 14.1. The van der Waals surface area contributed by atoms with Gasteiger partial charge in [0.1, 0.15) is 0 Å². The number of hydrogen-bond acceptors (Lipinski definition) is 3. The average Bonchev–Trinajstić information content (AvgIpc) is 2.45. The third kappa shape index (κ3) is 3.97. The molecule has 0 spiro atoms. The van der Waals surface area contributed by atoms with E-state index in [0.29, 0.717) is 21.4 Å². The van der Waals surface area contributed by atoms with Gasteiger partial charge in [0, 0.05) is 10.6 Å². The predicted octanol–water partition coefficient (Wildman–Crippen LogP) is 4.53. The number of hydrazone groups is 1. The van der Waals surface area contributed by atoms with E-state index >= 15 is 0 Å². The lowest BCUT2D eigenvalue weighted by atomic mass is 10.1. The van der Waals surface area contributed by atoms with E-state index in [1.807, 2.05) is 6.92 Å². The van der Waals surface area contributed by atoms with E-state index < -0.39 is 5.97 Å². The molecule has 2 aromatic rings. The van der Waals surface area contributed by atoms with Crippen LogP contribution >= 0.6 is 23.2 Å². The summed E-state index contributed by atoms with van der Waals surface area (Å²) >= 11 is 12.0. The van der Waals surface area contributed by atoms with E-state index in [4.69, 9.17) is 28.3 Å². The highest BCUT2D eigenvalue weighted by Crippen LogP contribution is 2.21. The molecule has 0 aliphatic rings. The van der Waals surface area contributed by atoms with Crippen molar-refractivity contribution >= 4 is 40.6 Å². The third-order valence-electron chi connectivity index (χ3n) is 2.81. The van der Waals surface area contributed by atoms with E-state index in [1.54, 1.807) is 30.3 Å². The van der Waals surface area contributed by atoms with Crippen molar-refractivity contribution in [2.45, 2.75) is 6.92 Å². The van der Waals surface area contributed by atoms with Gasteiger partial charge in [0.25, 0.3) is 0 Å². The van der Waals surface area contributed by atoms with Crippen LogP contribution in [0.25, 0.3) is 0 Å². The van der Waals surface area contributed by atoms with Crippen molar-refractivity contribution < 1.29 is 9.90 Å². The van der Waals surface area contributed by atoms with E-state index in [0.717, 1.165) is 5.56 Å². The molecule has 0 bridgehead atoms. The fraction of sp³-hybridized carbons (Fsp3) is 0.0667. The second-order valence-corrected chi connectivity index (χ2v) is 5.16. The van der Waals surface area contributed by atoms with Gasteiger partial charge in [0.05, 0.1) is 22.0 Å².